The van der Waals surface area contributed by atoms with Gasteiger partial charge in [0.15, 0.2) is 0 Å². The molecular formula is C17H19N5O2S. The summed E-state index contributed by atoms with van der Waals surface area (Å²) in [4.78, 5) is 26.7. The Kier molecular flexibility index (Phi) is 5.52. The maximum absolute atomic E-state index is 12.4. The summed E-state index contributed by atoms with van der Waals surface area (Å²) in [6, 6.07) is 5.77. The molecule has 0 aromatic carbocycles. The Balaban J connectivity index is 1.84. The van der Waals surface area contributed by atoms with Crippen LogP contribution in [-0.4, -0.2) is 41.1 Å². The third-order valence-corrected chi connectivity index (χ3v) is 4.89. The smallest absolute Gasteiger partial charge is 0.261 e. The number of carbonyl (C=O) groups is 1. The first-order valence-electron chi connectivity index (χ1n) is 7.85. The van der Waals surface area contributed by atoms with Crippen LogP contribution in [0.4, 0.5) is 5.82 Å². The number of amides is 1. The second-order valence-corrected chi connectivity index (χ2v) is 6.38. The number of hydrogen-bond acceptors (Lipinski definition) is 7. The zero-order chi connectivity index (χ0) is 17.6. The van der Waals surface area contributed by atoms with Crippen molar-refractivity contribution in [2.24, 2.45) is 0 Å². The van der Waals surface area contributed by atoms with Crippen LogP contribution in [0.3, 0.4) is 0 Å². The number of methoxy groups -OCH3 is 1. The number of nitrogens with one attached hydrogen (secondary N) is 2. The maximum atomic E-state index is 12.4. The average Bonchev–Trinajstić information content (AvgIpc) is 2.98. The quantitative estimate of drug-likeness (QED) is 0.631. The minimum atomic E-state index is -0.117. The average molecular weight is 357 g/mol. The second-order valence-electron chi connectivity index (χ2n) is 5.38. The molecule has 0 radical (unpaired) electrons. The summed E-state index contributed by atoms with van der Waals surface area (Å²) >= 11 is 1.37. The van der Waals surface area contributed by atoms with Crippen molar-refractivity contribution in [1.82, 2.24) is 20.3 Å². The number of anilines is 1. The number of nitrogens with zero attached hydrogens (tertiary/aromatic N) is 3. The van der Waals surface area contributed by atoms with Crippen LogP contribution in [0.25, 0.3) is 10.2 Å². The summed E-state index contributed by atoms with van der Waals surface area (Å²) in [5.41, 5.74) is 1.79. The second kappa shape index (κ2) is 8.00. The molecule has 3 rings (SSSR count). The van der Waals surface area contributed by atoms with Gasteiger partial charge in [-0.05, 0) is 24.6 Å². The Morgan fingerprint density at radius 1 is 1.28 bits per heavy atom. The topological polar surface area (TPSA) is 89.0 Å². The van der Waals surface area contributed by atoms with Crippen LogP contribution in [0, 0.1) is 6.92 Å². The number of pyridine rings is 1. The molecule has 2 N–H and O–H groups in total. The fraction of sp³-hybridized carbons (Fsp3) is 0.294. The van der Waals surface area contributed by atoms with E-state index in [1.54, 1.807) is 13.3 Å². The summed E-state index contributed by atoms with van der Waals surface area (Å²) in [5, 5.41) is 7.01. The van der Waals surface area contributed by atoms with Crippen LogP contribution in [0.5, 0.6) is 0 Å². The van der Waals surface area contributed by atoms with Crippen LogP contribution in [-0.2, 0) is 11.3 Å². The Morgan fingerprint density at radius 3 is 2.92 bits per heavy atom. The number of aromatic nitrogens is 3. The van der Waals surface area contributed by atoms with Crippen molar-refractivity contribution in [2.45, 2.75) is 13.5 Å². The number of ether oxygens (including phenoxy) is 1. The fourth-order valence-corrected chi connectivity index (χ4v) is 3.51. The molecule has 0 atom stereocenters. The molecule has 3 aromatic rings. The molecule has 3 aromatic heterocycles. The van der Waals surface area contributed by atoms with Gasteiger partial charge in [-0.1, -0.05) is 6.07 Å². The van der Waals surface area contributed by atoms with Gasteiger partial charge in [0.25, 0.3) is 5.91 Å². The molecule has 1 amide bonds. The molecule has 3 heterocycles. The SMILES string of the molecule is COCCNC(=O)c1sc2ncnc(NCc3ccccn3)c2c1C. The number of aryl methyl sites for hydroxylation is 1. The Bertz CT molecular complexity index is 866. The predicted octanol–water partition coefficient (Wildman–Crippen LogP) is 2.38. The van der Waals surface area contributed by atoms with Crippen molar-refractivity contribution < 1.29 is 9.53 Å². The Morgan fingerprint density at radius 2 is 2.16 bits per heavy atom. The van der Waals surface area contributed by atoms with Crippen LogP contribution in [0.1, 0.15) is 20.9 Å². The molecule has 0 bridgehead atoms. The molecule has 0 aliphatic rings. The van der Waals surface area contributed by atoms with Gasteiger partial charge in [-0.2, -0.15) is 0 Å². The van der Waals surface area contributed by atoms with Crippen LogP contribution >= 0.6 is 11.3 Å². The van der Waals surface area contributed by atoms with E-state index >= 15 is 0 Å². The van der Waals surface area contributed by atoms with Gasteiger partial charge in [-0.15, -0.1) is 11.3 Å². The standard InChI is InChI=1S/C17H19N5O2S/c1-11-13-15(20-9-12-5-3-4-6-18-12)21-10-22-17(13)25-14(11)16(23)19-7-8-24-2/h3-6,10H,7-9H2,1-2H3,(H,19,23)(H,20,21,22). The van der Waals surface area contributed by atoms with E-state index in [2.05, 4.69) is 25.6 Å². The third kappa shape index (κ3) is 3.92. The number of hydrogen-bond donors (Lipinski definition) is 2. The number of thiophene rings is 1. The lowest BCUT2D eigenvalue weighted by Gasteiger charge is -2.07. The molecular weight excluding hydrogens is 338 g/mol. The Labute approximate surface area is 149 Å². The van der Waals surface area contributed by atoms with E-state index in [1.165, 1.54) is 17.7 Å². The van der Waals surface area contributed by atoms with E-state index < -0.39 is 0 Å². The molecule has 0 unspecified atom stereocenters. The van der Waals surface area contributed by atoms with Crippen molar-refractivity contribution in [1.29, 1.82) is 0 Å². The summed E-state index contributed by atoms with van der Waals surface area (Å²) in [6.45, 7) is 3.42. The first-order chi connectivity index (χ1) is 12.2. The molecule has 0 aliphatic carbocycles. The van der Waals surface area contributed by atoms with Crippen LogP contribution in [0.15, 0.2) is 30.7 Å². The first kappa shape index (κ1) is 17.2. The number of rotatable bonds is 7. The molecule has 25 heavy (non-hydrogen) atoms. The fourth-order valence-electron chi connectivity index (χ4n) is 2.45. The minimum absolute atomic E-state index is 0.117. The molecule has 0 saturated carbocycles. The van der Waals surface area contributed by atoms with E-state index in [0.29, 0.717) is 30.4 Å². The van der Waals surface area contributed by atoms with Crippen molar-refractivity contribution in [3.8, 4) is 0 Å². The van der Waals surface area contributed by atoms with Gasteiger partial charge < -0.3 is 15.4 Å². The van der Waals surface area contributed by atoms with E-state index in [9.17, 15) is 4.79 Å². The normalized spacial score (nSPS) is 10.8. The molecule has 0 spiro atoms. The van der Waals surface area contributed by atoms with E-state index in [1.807, 2.05) is 25.1 Å². The summed E-state index contributed by atoms with van der Waals surface area (Å²) in [7, 11) is 1.60. The maximum Gasteiger partial charge on any atom is 0.261 e. The van der Waals surface area contributed by atoms with Crippen LogP contribution in [0.2, 0.25) is 0 Å². The molecule has 0 fully saturated rings. The lowest BCUT2D eigenvalue weighted by Crippen LogP contribution is -2.26. The molecule has 7 nitrogen and oxygen atoms in total. The highest BCUT2D eigenvalue weighted by Gasteiger charge is 2.19. The first-order valence-corrected chi connectivity index (χ1v) is 8.67. The van der Waals surface area contributed by atoms with Crippen molar-refractivity contribution in [3.05, 3.63) is 46.9 Å². The van der Waals surface area contributed by atoms with Gasteiger partial charge in [0, 0.05) is 19.9 Å². The lowest BCUT2D eigenvalue weighted by atomic mass is 10.2. The van der Waals surface area contributed by atoms with Gasteiger partial charge in [-0.3, -0.25) is 9.78 Å². The highest BCUT2D eigenvalue weighted by molar-refractivity contribution is 7.20. The Hall–Kier alpha value is -2.58. The van der Waals surface area contributed by atoms with Crippen molar-refractivity contribution in [2.75, 3.05) is 25.6 Å². The van der Waals surface area contributed by atoms with Gasteiger partial charge in [0.2, 0.25) is 0 Å². The summed E-state index contributed by atoms with van der Waals surface area (Å²) < 4.78 is 4.96. The van der Waals surface area contributed by atoms with Gasteiger partial charge in [0.05, 0.1) is 29.1 Å². The third-order valence-electron chi connectivity index (χ3n) is 3.69. The molecule has 8 heteroatoms. The minimum Gasteiger partial charge on any atom is -0.383 e. The van der Waals surface area contributed by atoms with Crippen molar-refractivity contribution in [3.63, 3.8) is 0 Å². The number of fused-ring (bicyclic) bond motifs is 1. The van der Waals surface area contributed by atoms with Gasteiger partial charge in [0.1, 0.15) is 17.0 Å². The zero-order valence-corrected chi connectivity index (χ0v) is 14.9. The molecule has 0 aliphatic heterocycles. The number of carbonyl (C=O) groups excluding carboxylic acids is 1. The monoisotopic (exact) mass is 357 g/mol. The largest absolute Gasteiger partial charge is 0.383 e. The van der Waals surface area contributed by atoms with E-state index in [-0.39, 0.29) is 5.91 Å². The summed E-state index contributed by atoms with van der Waals surface area (Å²) in [5.74, 6) is 0.591. The highest BCUT2D eigenvalue weighted by Crippen LogP contribution is 2.33. The van der Waals surface area contributed by atoms with Crippen molar-refractivity contribution >= 4 is 33.3 Å². The van der Waals surface area contributed by atoms with Gasteiger partial charge in [-0.25, -0.2) is 9.97 Å². The predicted molar refractivity (Wildman–Crippen MR) is 97.9 cm³/mol. The molecule has 130 valence electrons. The van der Waals surface area contributed by atoms with E-state index in [0.717, 1.165) is 21.5 Å². The zero-order valence-electron chi connectivity index (χ0n) is 14.1. The van der Waals surface area contributed by atoms with Gasteiger partial charge >= 0.3 is 0 Å². The molecule has 0 saturated heterocycles. The lowest BCUT2D eigenvalue weighted by molar-refractivity contribution is 0.0940. The summed E-state index contributed by atoms with van der Waals surface area (Å²) in [6.07, 6.45) is 3.26. The highest BCUT2D eigenvalue weighted by atomic mass is 32.1. The van der Waals surface area contributed by atoms with Crippen LogP contribution < -0.4 is 10.6 Å². The van der Waals surface area contributed by atoms with E-state index in [4.69, 9.17) is 4.74 Å².